The van der Waals surface area contributed by atoms with Gasteiger partial charge < -0.3 is 15.3 Å². The number of aromatic hydroxyl groups is 1. The molecular weight excluding hydrogens is 264 g/mol. The normalized spacial score (nSPS) is 44.8. The second kappa shape index (κ2) is 4.47. The number of hydrogen-bond donors (Lipinski definition) is 3. The molecule has 114 valence electrons. The molecule has 0 aromatic heterocycles. The average Bonchev–Trinajstić information content (AvgIpc) is 2.70. The maximum atomic E-state index is 10.4. The molecule has 0 spiro atoms. The van der Waals surface area contributed by atoms with Crippen LogP contribution in [0.3, 0.4) is 0 Å². The minimum atomic E-state index is -0.565. The summed E-state index contributed by atoms with van der Waals surface area (Å²) in [5.74, 6) is 1.88. The summed E-state index contributed by atoms with van der Waals surface area (Å²) in [5, 5.41) is 30.2. The maximum Gasteiger partial charge on any atom is 0.115 e. The highest BCUT2D eigenvalue weighted by Crippen LogP contribution is 2.60. The van der Waals surface area contributed by atoms with E-state index in [2.05, 4.69) is 13.0 Å². The molecule has 3 aliphatic rings. The summed E-state index contributed by atoms with van der Waals surface area (Å²) in [5.41, 5.74) is 2.57. The molecule has 0 heterocycles. The van der Waals surface area contributed by atoms with E-state index in [0.29, 0.717) is 23.5 Å². The van der Waals surface area contributed by atoms with Gasteiger partial charge in [0.05, 0.1) is 12.2 Å². The number of aliphatic hydroxyl groups is 2. The summed E-state index contributed by atoms with van der Waals surface area (Å²) in [6, 6.07) is 5.80. The van der Waals surface area contributed by atoms with E-state index in [-0.39, 0.29) is 5.41 Å². The number of aliphatic hydroxyl groups excluding tert-OH is 2. The van der Waals surface area contributed by atoms with Gasteiger partial charge in [-0.25, -0.2) is 0 Å². The molecule has 3 N–H and O–H groups in total. The van der Waals surface area contributed by atoms with Crippen LogP contribution in [0.5, 0.6) is 5.75 Å². The van der Waals surface area contributed by atoms with Crippen molar-refractivity contribution >= 4 is 0 Å². The third kappa shape index (κ3) is 1.80. The molecule has 3 heteroatoms. The van der Waals surface area contributed by atoms with Crippen molar-refractivity contribution in [1.29, 1.82) is 0 Å². The molecule has 0 radical (unpaired) electrons. The topological polar surface area (TPSA) is 60.7 Å². The number of aryl methyl sites for hydroxylation is 1. The smallest absolute Gasteiger partial charge is 0.115 e. The molecule has 1 aromatic carbocycles. The van der Waals surface area contributed by atoms with Gasteiger partial charge in [-0.2, -0.15) is 0 Å². The molecule has 2 saturated carbocycles. The lowest BCUT2D eigenvalue weighted by molar-refractivity contribution is -0.0505. The van der Waals surface area contributed by atoms with Crippen LogP contribution in [0.4, 0.5) is 0 Å². The van der Waals surface area contributed by atoms with Crippen molar-refractivity contribution in [2.75, 3.05) is 0 Å². The average molecular weight is 288 g/mol. The number of phenolic OH excluding ortho intramolecular Hbond substituents is 1. The largest absolute Gasteiger partial charge is 0.508 e. The SMILES string of the molecule is C[C@]12CC[C@H]3c4ccc(O)cc4CC[C@@H]3[C@@H]1CC(O)C2O. The summed E-state index contributed by atoms with van der Waals surface area (Å²) in [7, 11) is 0. The lowest BCUT2D eigenvalue weighted by Crippen LogP contribution is -2.44. The minimum absolute atomic E-state index is 0.116. The molecule has 1 aromatic rings. The van der Waals surface area contributed by atoms with Crippen LogP contribution in [0, 0.1) is 17.3 Å². The first-order valence-electron chi connectivity index (χ1n) is 8.18. The summed E-state index contributed by atoms with van der Waals surface area (Å²) < 4.78 is 0. The molecule has 3 nitrogen and oxygen atoms in total. The first-order chi connectivity index (χ1) is 10.0. The Balaban J connectivity index is 1.71. The van der Waals surface area contributed by atoms with E-state index in [1.165, 1.54) is 11.1 Å². The second-order valence-corrected chi connectivity index (χ2v) is 7.59. The van der Waals surface area contributed by atoms with Gasteiger partial charge in [0.25, 0.3) is 0 Å². The van der Waals surface area contributed by atoms with Crippen molar-refractivity contribution in [3.8, 4) is 5.75 Å². The molecule has 3 aliphatic carbocycles. The molecule has 6 atom stereocenters. The number of rotatable bonds is 0. The first kappa shape index (κ1) is 13.6. The number of phenols is 1. The molecule has 0 saturated heterocycles. The molecule has 4 rings (SSSR count). The highest BCUT2D eigenvalue weighted by Gasteiger charge is 2.57. The van der Waals surface area contributed by atoms with Crippen molar-refractivity contribution in [3.63, 3.8) is 0 Å². The van der Waals surface area contributed by atoms with Crippen LogP contribution in [0.25, 0.3) is 0 Å². The van der Waals surface area contributed by atoms with Gasteiger partial charge in [0.2, 0.25) is 0 Å². The van der Waals surface area contributed by atoms with Gasteiger partial charge in [-0.05, 0) is 78.5 Å². The van der Waals surface area contributed by atoms with Crippen LogP contribution >= 0.6 is 0 Å². The Morgan fingerprint density at radius 3 is 2.81 bits per heavy atom. The standard InChI is InChI=1S/C18H24O3/c1-18-7-6-13-12-5-3-11(19)8-10(12)2-4-14(13)15(18)9-16(20)17(18)21/h3,5,8,13-17,19-21H,2,4,6-7,9H2,1H3/t13-,14-,15-,16?,17?,18-/m0/s1. The van der Waals surface area contributed by atoms with Crippen LogP contribution < -0.4 is 0 Å². The van der Waals surface area contributed by atoms with Crippen LogP contribution in [-0.4, -0.2) is 27.5 Å². The third-order valence-electron chi connectivity index (χ3n) is 6.68. The first-order valence-corrected chi connectivity index (χ1v) is 8.18. The van der Waals surface area contributed by atoms with Gasteiger partial charge in [0.1, 0.15) is 5.75 Å². The number of hydrogen-bond acceptors (Lipinski definition) is 3. The van der Waals surface area contributed by atoms with Crippen LogP contribution in [0.1, 0.15) is 49.7 Å². The van der Waals surface area contributed by atoms with Gasteiger partial charge >= 0.3 is 0 Å². The van der Waals surface area contributed by atoms with Gasteiger partial charge in [0, 0.05) is 0 Å². The molecule has 0 aliphatic heterocycles. The quantitative estimate of drug-likeness (QED) is 0.687. The molecule has 21 heavy (non-hydrogen) atoms. The predicted molar refractivity (Wildman–Crippen MR) is 80.1 cm³/mol. The van der Waals surface area contributed by atoms with E-state index in [0.717, 1.165) is 32.1 Å². The highest BCUT2D eigenvalue weighted by atomic mass is 16.3. The van der Waals surface area contributed by atoms with Crippen molar-refractivity contribution in [3.05, 3.63) is 29.3 Å². The molecular formula is C18H24O3. The van der Waals surface area contributed by atoms with Gasteiger partial charge in [-0.3, -0.25) is 0 Å². The van der Waals surface area contributed by atoms with Gasteiger partial charge in [-0.15, -0.1) is 0 Å². The Morgan fingerprint density at radius 2 is 2.00 bits per heavy atom. The molecule has 0 bridgehead atoms. The monoisotopic (exact) mass is 288 g/mol. The summed E-state index contributed by atoms with van der Waals surface area (Å²) in [6.45, 7) is 2.17. The number of fused-ring (bicyclic) bond motifs is 5. The Kier molecular flexibility index (Phi) is 2.89. The fourth-order valence-electron chi connectivity index (χ4n) is 5.56. The maximum absolute atomic E-state index is 10.4. The molecule has 0 amide bonds. The fourth-order valence-corrected chi connectivity index (χ4v) is 5.56. The van der Waals surface area contributed by atoms with E-state index in [4.69, 9.17) is 0 Å². The number of benzene rings is 1. The van der Waals surface area contributed by atoms with E-state index in [9.17, 15) is 15.3 Å². The minimum Gasteiger partial charge on any atom is -0.508 e. The van der Waals surface area contributed by atoms with Crippen LogP contribution in [0.15, 0.2) is 18.2 Å². The lowest BCUT2D eigenvalue weighted by atomic mass is 9.55. The zero-order chi connectivity index (χ0) is 14.8. The lowest BCUT2D eigenvalue weighted by Gasteiger charge is -2.49. The van der Waals surface area contributed by atoms with Crippen molar-refractivity contribution in [2.45, 2.75) is 57.2 Å². The summed E-state index contributed by atoms with van der Waals surface area (Å²) in [6.07, 6.45) is 3.80. The fraction of sp³-hybridized carbons (Fsp3) is 0.667. The predicted octanol–water partition coefficient (Wildman–Crippen LogP) is 2.58. The second-order valence-electron chi connectivity index (χ2n) is 7.59. The zero-order valence-electron chi connectivity index (χ0n) is 12.5. The Morgan fingerprint density at radius 1 is 1.19 bits per heavy atom. The van der Waals surface area contributed by atoms with Crippen molar-refractivity contribution < 1.29 is 15.3 Å². The van der Waals surface area contributed by atoms with E-state index in [1.54, 1.807) is 6.07 Å². The molecule has 2 fully saturated rings. The summed E-state index contributed by atoms with van der Waals surface area (Å²) >= 11 is 0. The highest BCUT2D eigenvalue weighted by molar-refractivity contribution is 5.40. The van der Waals surface area contributed by atoms with Gasteiger partial charge in [0.15, 0.2) is 0 Å². The van der Waals surface area contributed by atoms with Crippen molar-refractivity contribution in [2.24, 2.45) is 17.3 Å². The Labute approximate surface area is 125 Å². The van der Waals surface area contributed by atoms with E-state index < -0.39 is 12.2 Å². The third-order valence-corrected chi connectivity index (χ3v) is 6.68. The zero-order valence-corrected chi connectivity index (χ0v) is 12.5. The Hall–Kier alpha value is -1.06. The van der Waals surface area contributed by atoms with E-state index in [1.807, 2.05) is 6.07 Å². The summed E-state index contributed by atoms with van der Waals surface area (Å²) in [4.78, 5) is 0. The molecule has 2 unspecified atom stereocenters. The van der Waals surface area contributed by atoms with E-state index >= 15 is 0 Å². The Bertz CT molecular complexity index is 570. The van der Waals surface area contributed by atoms with Crippen LogP contribution in [-0.2, 0) is 6.42 Å². The van der Waals surface area contributed by atoms with Crippen LogP contribution in [0.2, 0.25) is 0 Å². The van der Waals surface area contributed by atoms with Gasteiger partial charge in [-0.1, -0.05) is 13.0 Å². The van der Waals surface area contributed by atoms with Crippen molar-refractivity contribution in [1.82, 2.24) is 0 Å².